The molecule has 0 N–H and O–H groups in total. The van der Waals surface area contributed by atoms with Crippen LogP contribution in [-0.4, -0.2) is 28.6 Å². The van der Waals surface area contributed by atoms with Gasteiger partial charge in [0.25, 0.3) is 9.05 Å². The highest BCUT2D eigenvalue weighted by Crippen LogP contribution is 2.32. The summed E-state index contributed by atoms with van der Waals surface area (Å²) in [5.41, 5.74) is 0.583. The van der Waals surface area contributed by atoms with E-state index in [2.05, 4.69) is 4.74 Å². The van der Waals surface area contributed by atoms with Crippen molar-refractivity contribution in [2.45, 2.75) is 11.8 Å². The molecule has 0 unspecified atom stereocenters. The molecule has 0 aliphatic heterocycles. The lowest BCUT2D eigenvalue weighted by Gasteiger charge is -2.11. The molecular weight excluding hydrogens is 268 g/mol. The molecule has 0 radical (unpaired) electrons. The summed E-state index contributed by atoms with van der Waals surface area (Å²) in [6.45, 7) is 1.64. The highest BCUT2D eigenvalue weighted by atomic mass is 35.7. The van der Waals surface area contributed by atoms with Gasteiger partial charge in [-0.25, -0.2) is 13.2 Å². The molecule has 17 heavy (non-hydrogen) atoms. The van der Waals surface area contributed by atoms with Gasteiger partial charge in [-0.1, -0.05) is 0 Å². The van der Waals surface area contributed by atoms with E-state index in [4.69, 9.17) is 15.4 Å². The number of hydrogen-bond donors (Lipinski definition) is 0. The number of ether oxygens (including phenoxy) is 2. The predicted octanol–water partition coefficient (Wildman–Crippen LogP) is 1.72. The van der Waals surface area contributed by atoms with Gasteiger partial charge in [0, 0.05) is 10.7 Å². The van der Waals surface area contributed by atoms with E-state index in [1.807, 2.05) is 0 Å². The predicted molar refractivity (Wildman–Crippen MR) is 62.1 cm³/mol. The van der Waals surface area contributed by atoms with Crippen LogP contribution in [0.5, 0.6) is 5.75 Å². The summed E-state index contributed by atoms with van der Waals surface area (Å²) in [5.74, 6) is -0.801. The molecule has 0 fully saturated rings. The number of halogens is 1. The quantitative estimate of drug-likeness (QED) is 0.622. The zero-order valence-corrected chi connectivity index (χ0v) is 11.1. The van der Waals surface area contributed by atoms with E-state index in [0.29, 0.717) is 5.56 Å². The average Bonchev–Trinajstić information content (AvgIpc) is 2.25. The van der Waals surface area contributed by atoms with Crippen LogP contribution >= 0.6 is 10.7 Å². The van der Waals surface area contributed by atoms with Crippen molar-refractivity contribution < 1.29 is 22.7 Å². The minimum absolute atomic E-state index is 0.0224. The fourth-order valence-electron chi connectivity index (χ4n) is 1.39. The second-order valence-electron chi connectivity index (χ2n) is 3.27. The summed E-state index contributed by atoms with van der Waals surface area (Å²) in [6.07, 6.45) is 0. The van der Waals surface area contributed by atoms with Gasteiger partial charge < -0.3 is 9.47 Å². The number of hydrogen-bond acceptors (Lipinski definition) is 5. The summed E-state index contributed by atoms with van der Waals surface area (Å²) in [5, 5.41) is 0. The molecular formula is C10H11ClO5S. The van der Waals surface area contributed by atoms with Gasteiger partial charge >= 0.3 is 5.97 Å². The van der Waals surface area contributed by atoms with E-state index in [1.54, 1.807) is 6.92 Å². The molecule has 0 saturated carbocycles. The first-order valence-electron chi connectivity index (χ1n) is 4.53. The minimum Gasteiger partial charge on any atom is -0.494 e. The maximum atomic E-state index is 11.5. The Morgan fingerprint density at radius 3 is 2.29 bits per heavy atom. The third kappa shape index (κ3) is 2.89. The van der Waals surface area contributed by atoms with E-state index >= 15 is 0 Å². The van der Waals surface area contributed by atoms with E-state index in [-0.39, 0.29) is 16.2 Å². The van der Waals surface area contributed by atoms with Crippen molar-refractivity contribution in [2.24, 2.45) is 0 Å². The number of carbonyl (C=O) groups is 1. The summed E-state index contributed by atoms with van der Waals surface area (Å²) in [7, 11) is 3.73. The summed E-state index contributed by atoms with van der Waals surface area (Å²) >= 11 is 0. The zero-order valence-electron chi connectivity index (χ0n) is 9.48. The number of benzene rings is 1. The second-order valence-corrected chi connectivity index (χ2v) is 5.81. The SMILES string of the molecule is COC(=O)c1cc(C)cc(S(=O)(=O)Cl)c1OC. The van der Waals surface area contributed by atoms with Crippen LogP contribution in [0.25, 0.3) is 0 Å². The van der Waals surface area contributed by atoms with Crippen LogP contribution in [0.1, 0.15) is 15.9 Å². The van der Waals surface area contributed by atoms with Gasteiger partial charge in [0.1, 0.15) is 10.5 Å². The van der Waals surface area contributed by atoms with Gasteiger partial charge in [-0.15, -0.1) is 0 Å². The van der Waals surface area contributed by atoms with Gasteiger partial charge in [-0.2, -0.15) is 0 Å². The van der Waals surface area contributed by atoms with Gasteiger partial charge in [0.15, 0.2) is 5.75 Å². The van der Waals surface area contributed by atoms with E-state index in [1.165, 1.54) is 26.4 Å². The summed E-state index contributed by atoms with van der Waals surface area (Å²) in [4.78, 5) is 11.2. The van der Waals surface area contributed by atoms with Gasteiger partial charge in [-0.3, -0.25) is 0 Å². The van der Waals surface area contributed by atoms with Crippen LogP contribution < -0.4 is 4.74 Å². The molecule has 1 aromatic rings. The Labute approximate surface area is 104 Å². The number of methoxy groups -OCH3 is 2. The Morgan fingerprint density at radius 1 is 1.29 bits per heavy atom. The standard InChI is InChI=1S/C10H11ClO5S/c1-6-4-7(10(12)16-3)9(15-2)8(5-6)17(11,13)14/h4-5H,1-3H3. The number of esters is 1. The van der Waals surface area contributed by atoms with Crippen molar-refractivity contribution in [2.75, 3.05) is 14.2 Å². The molecule has 0 aliphatic carbocycles. The maximum absolute atomic E-state index is 11.5. The lowest BCUT2D eigenvalue weighted by molar-refractivity contribution is 0.0596. The Balaban J connectivity index is 3.63. The Hall–Kier alpha value is -1.27. The normalized spacial score (nSPS) is 11.1. The van der Waals surface area contributed by atoms with Crippen molar-refractivity contribution in [3.63, 3.8) is 0 Å². The zero-order chi connectivity index (χ0) is 13.2. The highest BCUT2D eigenvalue weighted by molar-refractivity contribution is 8.13. The molecule has 0 aromatic heterocycles. The smallest absolute Gasteiger partial charge is 0.341 e. The third-order valence-electron chi connectivity index (χ3n) is 2.07. The van der Waals surface area contributed by atoms with Gasteiger partial charge in [0.05, 0.1) is 14.2 Å². The first kappa shape index (κ1) is 13.8. The molecule has 1 rings (SSSR count). The average molecular weight is 279 g/mol. The van der Waals surface area contributed by atoms with Crippen LogP contribution in [0.3, 0.4) is 0 Å². The molecule has 0 spiro atoms. The monoisotopic (exact) mass is 278 g/mol. The van der Waals surface area contributed by atoms with Crippen LogP contribution in [0.2, 0.25) is 0 Å². The Kier molecular flexibility index (Phi) is 4.00. The van der Waals surface area contributed by atoms with Crippen molar-refractivity contribution in [1.29, 1.82) is 0 Å². The topological polar surface area (TPSA) is 69.7 Å². The Bertz CT molecular complexity index is 550. The number of aryl methyl sites for hydroxylation is 1. The van der Waals surface area contributed by atoms with Crippen LogP contribution in [0.4, 0.5) is 0 Å². The first-order chi connectivity index (χ1) is 7.81. The molecule has 0 atom stereocenters. The number of carbonyl (C=O) groups excluding carboxylic acids is 1. The lowest BCUT2D eigenvalue weighted by Crippen LogP contribution is -2.08. The summed E-state index contributed by atoms with van der Waals surface area (Å²) in [6, 6.07) is 2.80. The molecule has 0 saturated heterocycles. The first-order valence-corrected chi connectivity index (χ1v) is 6.83. The molecule has 7 heteroatoms. The minimum atomic E-state index is -3.99. The maximum Gasteiger partial charge on any atom is 0.341 e. The second kappa shape index (κ2) is 4.93. The van der Waals surface area contributed by atoms with Crippen molar-refractivity contribution in [3.8, 4) is 5.75 Å². The van der Waals surface area contributed by atoms with Crippen LogP contribution in [0, 0.1) is 6.92 Å². The molecule has 0 heterocycles. The number of rotatable bonds is 3. The molecule has 94 valence electrons. The summed E-state index contributed by atoms with van der Waals surface area (Å²) < 4.78 is 32.2. The van der Waals surface area contributed by atoms with E-state index in [0.717, 1.165) is 0 Å². The van der Waals surface area contributed by atoms with Crippen molar-refractivity contribution >= 4 is 25.7 Å². The molecule has 1 aromatic carbocycles. The van der Waals surface area contributed by atoms with Crippen molar-refractivity contribution in [1.82, 2.24) is 0 Å². The van der Waals surface area contributed by atoms with E-state index in [9.17, 15) is 13.2 Å². The fraction of sp³-hybridized carbons (Fsp3) is 0.300. The molecule has 0 amide bonds. The lowest BCUT2D eigenvalue weighted by atomic mass is 10.1. The van der Waals surface area contributed by atoms with Crippen LogP contribution in [0.15, 0.2) is 17.0 Å². The molecule has 5 nitrogen and oxygen atoms in total. The van der Waals surface area contributed by atoms with Crippen molar-refractivity contribution in [3.05, 3.63) is 23.3 Å². The highest BCUT2D eigenvalue weighted by Gasteiger charge is 2.24. The Morgan fingerprint density at radius 2 is 1.88 bits per heavy atom. The third-order valence-corrected chi connectivity index (χ3v) is 3.40. The van der Waals surface area contributed by atoms with E-state index < -0.39 is 15.0 Å². The molecule has 0 aliphatic rings. The van der Waals surface area contributed by atoms with Gasteiger partial charge in [-0.05, 0) is 24.6 Å². The molecule has 0 bridgehead atoms. The largest absolute Gasteiger partial charge is 0.494 e. The van der Waals surface area contributed by atoms with Gasteiger partial charge in [0.2, 0.25) is 0 Å². The van der Waals surface area contributed by atoms with Crippen LogP contribution in [-0.2, 0) is 13.8 Å². The fourth-order valence-corrected chi connectivity index (χ4v) is 2.48.